The number of ether oxygens (including phenoxy) is 1. The number of rotatable bonds is 9. The largest absolute Gasteiger partial charge is 0.494 e. The van der Waals surface area contributed by atoms with Gasteiger partial charge in [0.2, 0.25) is 0 Å². The highest BCUT2D eigenvalue weighted by Gasteiger charge is 2.12. The van der Waals surface area contributed by atoms with Crippen LogP contribution in [0.3, 0.4) is 0 Å². The summed E-state index contributed by atoms with van der Waals surface area (Å²) in [5.74, 6) is -0.337. The Kier molecular flexibility index (Phi) is 7.53. The van der Waals surface area contributed by atoms with Crippen molar-refractivity contribution >= 4 is 29.3 Å². The van der Waals surface area contributed by atoms with Gasteiger partial charge in [-0.3, -0.25) is 9.59 Å². The molecule has 0 saturated carbocycles. The van der Waals surface area contributed by atoms with E-state index in [0.717, 1.165) is 4.90 Å². The quantitative estimate of drug-likeness (QED) is 0.493. The van der Waals surface area contributed by atoms with E-state index in [4.69, 9.17) is 9.84 Å². The summed E-state index contributed by atoms with van der Waals surface area (Å²) in [5, 5.41) is 11.9. The summed E-state index contributed by atoms with van der Waals surface area (Å²) in [7, 11) is 0. The highest BCUT2D eigenvalue weighted by atomic mass is 32.2. The third-order valence-electron chi connectivity index (χ3n) is 3.41. The maximum atomic E-state index is 12.6. The van der Waals surface area contributed by atoms with Crippen molar-refractivity contribution in [1.82, 2.24) is 0 Å². The molecule has 26 heavy (non-hydrogen) atoms. The molecule has 0 aliphatic carbocycles. The number of thioether (sulfide) groups is 1. The summed E-state index contributed by atoms with van der Waals surface area (Å²) < 4.78 is 5.48. The van der Waals surface area contributed by atoms with Crippen LogP contribution in [0.1, 0.15) is 37.0 Å². The molecule has 6 heteroatoms. The van der Waals surface area contributed by atoms with Gasteiger partial charge in [-0.2, -0.15) is 0 Å². The molecule has 2 rings (SSSR count). The molecule has 0 saturated heterocycles. The number of carboxylic acid groups (broad SMARTS) is 1. The first kappa shape index (κ1) is 19.8. The standard InChI is InChI=1S/C20H23NO4S/c1-14(2)26-18-7-4-3-6-17(18)20(24)21-15-9-11-16(12-10-15)25-13-5-8-19(22)23/h3-4,6-7,9-12,14H,5,8,13H2,1-2H3,(H,21,24)(H,22,23). The number of carbonyl (C=O) groups excluding carboxylic acids is 1. The molecule has 1 amide bonds. The molecular formula is C20H23NO4S. The van der Waals surface area contributed by atoms with Gasteiger partial charge in [0.1, 0.15) is 5.75 Å². The molecule has 138 valence electrons. The topological polar surface area (TPSA) is 75.6 Å². The van der Waals surface area contributed by atoms with Gasteiger partial charge in [-0.25, -0.2) is 0 Å². The van der Waals surface area contributed by atoms with Crippen LogP contribution in [0.15, 0.2) is 53.4 Å². The Morgan fingerprint density at radius 3 is 2.46 bits per heavy atom. The normalized spacial score (nSPS) is 10.6. The Morgan fingerprint density at radius 1 is 1.12 bits per heavy atom. The first-order valence-electron chi connectivity index (χ1n) is 8.47. The lowest BCUT2D eigenvalue weighted by atomic mass is 10.2. The molecule has 0 spiro atoms. The number of benzene rings is 2. The molecule has 0 fully saturated rings. The van der Waals surface area contributed by atoms with Gasteiger partial charge in [-0.15, -0.1) is 11.8 Å². The van der Waals surface area contributed by atoms with Crippen molar-refractivity contribution in [3.05, 3.63) is 54.1 Å². The minimum atomic E-state index is -0.831. The summed E-state index contributed by atoms with van der Waals surface area (Å²) in [6, 6.07) is 14.6. The van der Waals surface area contributed by atoms with E-state index >= 15 is 0 Å². The Bertz CT molecular complexity index is 744. The van der Waals surface area contributed by atoms with Crippen molar-refractivity contribution in [1.29, 1.82) is 0 Å². The first-order valence-corrected chi connectivity index (χ1v) is 9.35. The number of hydrogen-bond donors (Lipinski definition) is 2. The first-order chi connectivity index (χ1) is 12.5. The number of carboxylic acids is 1. The van der Waals surface area contributed by atoms with E-state index in [2.05, 4.69) is 19.2 Å². The number of carbonyl (C=O) groups is 2. The predicted octanol–water partition coefficient (Wildman–Crippen LogP) is 4.68. The van der Waals surface area contributed by atoms with E-state index in [1.807, 2.05) is 24.3 Å². The molecule has 0 aromatic heterocycles. The lowest BCUT2D eigenvalue weighted by molar-refractivity contribution is -0.137. The van der Waals surface area contributed by atoms with Gasteiger partial charge in [0.15, 0.2) is 0 Å². The van der Waals surface area contributed by atoms with E-state index in [1.165, 1.54) is 0 Å². The second-order valence-corrected chi connectivity index (χ2v) is 7.61. The molecule has 0 aliphatic rings. The zero-order valence-corrected chi connectivity index (χ0v) is 15.7. The molecule has 0 heterocycles. The van der Waals surface area contributed by atoms with Gasteiger partial charge in [0.25, 0.3) is 5.91 Å². The van der Waals surface area contributed by atoms with Crippen LogP contribution in [0.5, 0.6) is 5.75 Å². The number of aliphatic carboxylic acids is 1. The van der Waals surface area contributed by atoms with Crippen LogP contribution in [0.25, 0.3) is 0 Å². The Labute approximate surface area is 157 Å². The van der Waals surface area contributed by atoms with Gasteiger partial charge in [0, 0.05) is 22.3 Å². The zero-order valence-electron chi connectivity index (χ0n) is 14.9. The third kappa shape index (κ3) is 6.44. The Hall–Kier alpha value is -2.47. The van der Waals surface area contributed by atoms with Crippen molar-refractivity contribution in [2.24, 2.45) is 0 Å². The molecule has 0 unspecified atom stereocenters. The molecule has 2 aromatic carbocycles. The number of nitrogens with one attached hydrogen (secondary N) is 1. The van der Waals surface area contributed by atoms with Crippen molar-refractivity contribution < 1.29 is 19.4 Å². The van der Waals surface area contributed by atoms with Gasteiger partial charge in [-0.05, 0) is 42.8 Å². The van der Waals surface area contributed by atoms with Crippen molar-refractivity contribution in [2.75, 3.05) is 11.9 Å². The van der Waals surface area contributed by atoms with E-state index in [-0.39, 0.29) is 12.3 Å². The van der Waals surface area contributed by atoms with Crippen LogP contribution in [0, 0.1) is 0 Å². The fraction of sp³-hybridized carbons (Fsp3) is 0.300. The van der Waals surface area contributed by atoms with Crippen LogP contribution in [-0.2, 0) is 4.79 Å². The summed E-state index contributed by atoms with van der Waals surface area (Å²) >= 11 is 1.66. The molecule has 0 atom stereocenters. The van der Waals surface area contributed by atoms with Gasteiger partial charge >= 0.3 is 5.97 Å². The average molecular weight is 373 g/mol. The maximum absolute atomic E-state index is 12.6. The molecule has 0 bridgehead atoms. The second-order valence-electron chi connectivity index (χ2n) is 5.99. The Balaban J connectivity index is 1.94. The van der Waals surface area contributed by atoms with Gasteiger partial charge < -0.3 is 15.2 Å². The number of hydrogen-bond acceptors (Lipinski definition) is 4. The lowest BCUT2D eigenvalue weighted by Gasteiger charge is -2.12. The second kappa shape index (κ2) is 9.87. The van der Waals surface area contributed by atoms with Gasteiger partial charge in [-0.1, -0.05) is 26.0 Å². The summed E-state index contributed by atoms with van der Waals surface area (Å²) in [5.41, 5.74) is 1.33. The summed E-state index contributed by atoms with van der Waals surface area (Å²) in [6.45, 7) is 4.53. The van der Waals surface area contributed by atoms with Crippen molar-refractivity contribution in [2.45, 2.75) is 36.8 Å². The summed E-state index contributed by atoms with van der Waals surface area (Å²) in [6.07, 6.45) is 0.542. The van der Waals surface area contributed by atoms with Crippen LogP contribution >= 0.6 is 11.8 Å². The maximum Gasteiger partial charge on any atom is 0.303 e. The lowest BCUT2D eigenvalue weighted by Crippen LogP contribution is -2.13. The predicted molar refractivity (Wildman–Crippen MR) is 104 cm³/mol. The fourth-order valence-electron chi connectivity index (χ4n) is 2.26. The molecule has 2 N–H and O–H groups in total. The van der Waals surface area contributed by atoms with Crippen LogP contribution in [0.4, 0.5) is 5.69 Å². The number of anilines is 1. The SMILES string of the molecule is CC(C)Sc1ccccc1C(=O)Nc1ccc(OCCCC(=O)O)cc1. The van der Waals surface area contributed by atoms with Crippen molar-refractivity contribution in [3.8, 4) is 5.75 Å². The van der Waals surface area contributed by atoms with Gasteiger partial charge in [0.05, 0.1) is 12.2 Å². The molecule has 0 radical (unpaired) electrons. The van der Waals surface area contributed by atoms with E-state index in [0.29, 0.717) is 35.3 Å². The molecular weight excluding hydrogens is 350 g/mol. The molecule has 0 aliphatic heterocycles. The minimum absolute atomic E-state index is 0.0853. The van der Waals surface area contributed by atoms with E-state index < -0.39 is 5.97 Å². The fourth-order valence-corrected chi connectivity index (χ4v) is 3.21. The smallest absolute Gasteiger partial charge is 0.303 e. The molecule has 5 nitrogen and oxygen atoms in total. The number of amides is 1. The average Bonchev–Trinajstić information content (AvgIpc) is 2.60. The van der Waals surface area contributed by atoms with Crippen LogP contribution < -0.4 is 10.1 Å². The minimum Gasteiger partial charge on any atom is -0.494 e. The monoisotopic (exact) mass is 373 g/mol. The van der Waals surface area contributed by atoms with E-state index in [1.54, 1.807) is 36.0 Å². The van der Waals surface area contributed by atoms with E-state index in [9.17, 15) is 9.59 Å². The highest BCUT2D eigenvalue weighted by Crippen LogP contribution is 2.27. The highest BCUT2D eigenvalue weighted by molar-refractivity contribution is 8.00. The van der Waals surface area contributed by atoms with Crippen LogP contribution in [-0.4, -0.2) is 28.8 Å². The molecule has 2 aromatic rings. The zero-order chi connectivity index (χ0) is 18.9. The van der Waals surface area contributed by atoms with Crippen LogP contribution in [0.2, 0.25) is 0 Å². The summed E-state index contributed by atoms with van der Waals surface area (Å²) in [4.78, 5) is 24.0. The third-order valence-corrected chi connectivity index (χ3v) is 4.49. The van der Waals surface area contributed by atoms with Crippen molar-refractivity contribution in [3.63, 3.8) is 0 Å². The Morgan fingerprint density at radius 2 is 1.81 bits per heavy atom.